The van der Waals surface area contributed by atoms with Gasteiger partial charge in [0.15, 0.2) is 0 Å². The van der Waals surface area contributed by atoms with Crippen molar-refractivity contribution in [3.05, 3.63) is 37.1 Å². The van der Waals surface area contributed by atoms with Crippen LogP contribution in [0.15, 0.2) is 42.1 Å². The first kappa shape index (κ1) is 15.9. The SMILES string of the molecule is C=C/C=N\C=C(/C=C)C(C)(CCC)CCCC. The van der Waals surface area contributed by atoms with Gasteiger partial charge in [0.25, 0.3) is 0 Å². The zero-order chi connectivity index (χ0) is 13.1. The van der Waals surface area contributed by atoms with Crippen molar-refractivity contribution in [1.29, 1.82) is 0 Å². The third kappa shape index (κ3) is 5.67. The Bertz CT molecular complexity index is 286. The third-order valence-corrected chi connectivity index (χ3v) is 3.21. The van der Waals surface area contributed by atoms with Crippen LogP contribution in [-0.2, 0) is 0 Å². The summed E-state index contributed by atoms with van der Waals surface area (Å²) in [7, 11) is 0. The quantitative estimate of drug-likeness (QED) is 0.378. The summed E-state index contributed by atoms with van der Waals surface area (Å²) < 4.78 is 0. The first-order valence-electron chi connectivity index (χ1n) is 6.61. The highest BCUT2D eigenvalue weighted by Crippen LogP contribution is 2.38. The summed E-state index contributed by atoms with van der Waals surface area (Å²) in [6, 6.07) is 0. The standard InChI is InChI=1S/C16H27N/c1-6-10-12-16(5,11-7-2)15(9-4)14-17-13-8-3/h8-9,13-14H,3-4,6-7,10-12H2,1-2,5H3/b15-14+,17-13-. The van der Waals surface area contributed by atoms with Gasteiger partial charge in [-0.05, 0) is 23.8 Å². The molecule has 0 saturated heterocycles. The number of rotatable bonds is 9. The topological polar surface area (TPSA) is 12.4 Å². The van der Waals surface area contributed by atoms with Gasteiger partial charge in [-0.25, -0.2) is 0 Å². The van der Waals surface area contributed by atoms with Crippen molar-refractivity contribution < 1.29 is 0 Å². The molecule has 0 fully saturated rings. The molecule has 0 radical (unpaired) electrons. The van der Waals surface area contributed by atoms with Crippen molar-refractivity contribution in [3.63, 3.8) is 0 Å². The van der Waals surface area contributed by atoms with Crippen molar-refractivity contribution in [3.8, 4) is 0 Å². The van der Waals surface area contributed by atoms with Crippen LogP contribution < -0.4 is 0 Å². The molecule has 0 aliphatic rings. The van der Waals surface area contributed by atoms with Crippen molar-refractivity contribution in [2.24, 2.45) is 10.4 Å². The normalized spacial score (nSPS) is 15.8. The van der Waals surface area contributed by atoms with Gasteiger partial charge in [-0.15, -0.1) is 0 Å². The number of hydrogen-bond acceptors (Lipinski definition) is 1. The third-order valence-electron chi connectivity index (χ3n) is 3.21. The molecule has 0 aromatic carbocycles. The number of allylic oxidation sites excluding steroid dienone is 3. The van der Waals surface area contributed by atoms with E-state index in [4.69, 9.17) is 0 Å². The van der Waals surface area contributed by atoms with E-state index in [9.17, 15) is 0 Å². The molecule has 96 valence electrons. The zero-order valence-electron chi connectivity index (χ0n) is 11.7. The summed E-state index contributed by atoms with van der Waals surface area (Å²) in [5, 5.41) is 0. The number of hydrogen-bond donors (Lipinski definition) is 0. The summed E-state index contributed by atoms with van der Waals surface area (Å²) >= 11 is 0. The van der Waals surface area contributed by atoms with E-state index >= 15 is 0 Å². The second kappa shape index (κ2) is 8.98. The van der Waals surface area contributed by atoms with Crippen LogP contribution in [0.3, 0.4) is 0 Å². The Balaban J connectivity index is 4.95. The fourth-order valence-corrected chi connectivity index (χ4v) is 2.17. The van der Waals surface area contributed by atoms with E-state index in [-0.39, 0.29) is 5.41 Å². The van der Waals surface area contributed by atoms with Gasteiger partial charge in [-0.1, -0.05) is 65.3 Å². The fraction of sp³-hybridized carbons (Fsp3) is 0.562. The molecule has 0 rings (SSSR count). The minimum Gasteiger partial charge on any atom is -0.264 e. The minimum atomic E-state index is 0.213. The molecule has 0 aliphatic heterocycles. The Morgan fingerprint density at radius 2 is 1.88 bits per heavy atom. The molecule has 0 saturated carbocycles. The minimum absolute atomic E-state index is 0.213. The van der Waals surface area contributed by atoms with Gasteiger partial charge in [0, 0.05) is 12.4 Å². The predicted molar refractivity (Wildman–Crippen MR) is 79.5 cm³/mol. The van der Waals surface area contributed by atoms with Crippen LogP contribution in [0.5, 0.6) is 0 Å². The Morgan fingerprint density at radius 1 is 1.18 bits per heavy atom. The zero-order valence-corrected chi connectivity index (χ0v) is 11.7. The molecule has 0 N–H and O–H groups in total. The van der Waals surface area contributed by atoms with Crippen LogP contribution >= 0.6 is 0 Å². The van der Waals surface area contributed by atoms with E-state index in [1.165, 1.54) is 37.7 Å². The molecule has 1 nitrogen and oxygen atoms in total. The van der Waals surface area contributed by atoms with Crippen LogP contribution in [-0.4, -0.2) is 6.21 Å². The van der Waals surface area contributed by atoms with E-state index in [1.807, 2.05) is 12.3 Å². The summed E-state index contributed by atoms with van der Waals surface area (Å²) in [6.45, 7) is 14.3. The monoisotopic (exact) mass is 233 g/mol. The molecular weight excluding hydrogens is 206 g/mol. The smallest absolute Gasteiger partial charge is 0.0305 e. The van der Waals surface area contributed by atoms with Crippen LogP contribution in [0.2, 0.25) is 0 Å². The summed E-state index contributed by atoms with van der Waals surface area (Å²) in [6.07, 6.45) is 13.4. The predicted octanol–water partition coefficient (Wildman–Crippen LogP) is 5.31. The highest BCUT2D eigenvalue weighted by atomic mass is 14.7. The van der Waals surface area contributed by atoms with Gasteiger partial charge in [-0.2, -0.15) is 0 Å². The lowest BCUT2D eigenvalue weighted by Gasteiger charge is -2.30. The Hall–Kier alpha value is -1.11. The maximum atomic E-state index is 4.24. The molecule has 0 spiro atoms. The maximum Gasteiger partial charge on any atom is 0.0305 e. The lowest BCUT2D eigenvalue weighted by Crippen LogP contribution is -2.18. The van der Waals surface area contributed by atoms with Gasteiger partial charge < -0.3 is 0 Å². The molecular formula is C16H27N. The van der Waals surface area contributed by atoms with E-state index < -0.39 is 0 Å². The molecule has 1 atom stereocenters. The summed E-state index contributed by atoms with van der Waals surface area (Å²) in [5.74, 6) is 0. The Morgan fingerprint density at radius 3 is 2.35 bits per heavy atom. The van der Waals surface area contributed by atoms with Crippen molar-refractivity contribution in [1.82, 2.24) is 0 Å². The van der Waals surface area contributed by atoms with E-state index in [0.29, 0.717) is 0 Å². The van der Waals surface area contributed by atoms with E-state index in [2.05, 4.69) is 38.9 Å². The van der Waals surface area contributed by atoms with E-state index in [1.54, 1.807) is 12.3 Å². The van der Waals surface area contributed by atoms with Gasteiger partial charge in [-0.3, -0.25) is 4.99 Å². The average molecular weight is 233 g/mol. The average Bonchev–Trinajstić information content (AvgIpc) is 2.32. The molecule has 0 aromatic rings. The molecule has 0 amide bonds. The second-order valence-electron chi connectivity index (χ2n) is 4.74. The number of unbranched alkanes of at least 4 members (excludes halogenated alkanes) is 1. The van der Waals surface area contributed by atoms with Crippen LogP contribution in [0.4, 0.5) is 0 Å². The largest absolute Gasteiger partial charge is 0.264 e. The number of aliphatic imine (C=N–C) groups is 1. The van der Waals surface area contributed by atoms with E-state index in [0.717, 1.165) is 0 Å². The van der Waals surface area contributed by atoms with Crippen molar-refractivity contribution >= 4 is 6.21 Å². The van der Waals surface area contributed by atoms with Gasteiger partial charge >= 0.3 is 0 Å². The molecule has 0 aliphatic carbocycles. The van der Waals surface area contributed by atoms with Gasteiger partial charge in [0.2, 0.25) is 0 Å². The highest BCUT2D eigenvalue weighted by Gasteiger charge is 2.25. The molecule has 0 heterocycles. The van der Waals surface area contributed by atoms with Crippen LogP contribution in [0, 0.1) is 5.41 Å². The molecule has 1 heteroatoms. The first-order chi connectivity index (χ1) is 8.14. The van der Waals surface area contributed by atoms with Gasteiger partial charge in [0.1, 0.15) is 0 Å². The molecule has 0 aromatic heterocycles. The first-order valence-corrected chi connectivity index (χ1v) is 6.61. The van der Waals surface area contributed by atoms with Crippen molar-refractivity contribution in [2.45, 2.75) is 52.9 Å². The second-order valence-corrected chi connectivity index (χ2v) is 4.74. The van der Waals surface area contributed by atoms with Crippen molar-refractivity contribution in [2.75, 3.05) is 0 Å². The van der Waals surface area contributed by atoms with Crippen LogP contribution in [0.1, 0.15) is 52.9 Å². The lowest BCUT2D eigenvalue weighted by molar-refractivity contribution is 0.328. The lowest BCUT2D eigenvalue weighted by atomic mass is 9.74. The molecule has 17 heavy (non-hydrogen) atoms. The number of nitrogens with zero attached hydrogens (tertiary/aromatic N) is 1. The molecule has 1 unspecified atom stereocenters. The van der Waals surface area contributed by atoms with Gasteiger partial charge in [0.05, 0.1) is 0 Å². The summed E-state index contributed by atoms with van der Waals surface area (Å²) in [5.41, 5.74) is 1.45. The highest BCUT2D eigenvalue weighted by molar-refractivity contribution is 5.70. The Labute approximate surface area is 107 Å². The fourth-order valence-electron chi connectivity index (χ4n) is 2.17. The summed E-state index contributed by atoms with van der Waals surface area (Å²) in [4.78, 5) is 4.24. The Kier molecular flexibility index (Phi) is 8.39. The van der Waals surface area contributed by atoms with Crippen LogP contribution in [0.25, 0.3) is 0 Å². The molecule has 0 bridgehead atoms. The maximum absolute atomic E-state index is 4.24.